The quantitative estimate of drug-likeness (QED) is 0.848. The van der Waals surface area contributed by atoms with Crippen LogP contribution in [0, 0.1) is 12.8 Å². The largest absolute Gasteiger partial charge is 0.355 e. The lowest BCUT2D eigenvalue weighted by molar-refractivity contribution is -0.125. The minimum atomic E-state index is 0.163. The third-order valence-electron chi connectivity index (χ3n) is 3.62. The van der Waals surface area contributed by atoms with E-state index < -0.39 is 0 Å². The lowest BCUT2D eigenvalue weighted by Gasteiger charge is -2.21. The molecule has 1 aromatic carbocycles. The maximum Gasteiger partial charge on any atom is 0.224 e. The Hall–Kier alpha value is -1.35. The fourth-order valence-electron chi connectivity index (χ4n) is 2.43. The Morgan fingerprint density at radius 2 is 2.28 bits per heavy atom. The monoisotopic (exact) mass is 246 g/mol. The number of nitrogens with one attached hydrogen (secondary N) is 2. The van der Waals surface area contributed by atoms with Gasteiger partial charge in [0.25, 0.3) is 0 Å². The first-order chi connectivity index (χ1) is 8.77. The van der Waals surface area contributed by atoms with Crippen LogP contribution in [0.15, 0.2) is 24.3 Å². The molecule has 1 saturated heterocycles. The second-order valence-electron chi connectivity index (χ2n) is 5.01. The van der Waals surface area contributed by atoms with E-state index in [0.29, 0.717) is 0 Å². The molecule has 1 aliphatic heterocycles. The molecular formula is C15H22N2O. The SMILES string of the molecule is Cc1ccccc1CCNC(=O)[C@@H]1CCCNC1. The molecule has 0 aromatic heterocycles. The third-order valence-corrected chi connectivity index (χ3v) is 3.62. The topological polar surface area (TPSA) is 41.1 Å². The molecule has 2 N–H and O–H groups in total. The molecule has 3 heteroatoms. The first-order valence-corrected chi connectivity index (χ1v) is 6.80. The minimum Gasteiger partial charge on any atom is -0.355 e. The number of aryl methyl sites for hydroxylation is 1. The summed E-state index contributed by atoms with van der Waals surface area (Å²) >= 11 is 0. The van der Waals surface area contributed by atoms with Gasteiger partial charge in [-0.2, -0.15) is 0 Å². The van der Waals surface area contributed by atoms with Crippen molar-refractivity contribution in [1.29, 1.82) is 0 Å². The molecule has 18 heavy (non-hydrogen) atoms. The minimum absolute atomic E-state index is 0.163. The number of piperidine rings is 1. The highest BCUT2D eigenvalue weighted by Crippen LogP contribution is 2.10. The van der Waals surface area contributed by atoms with E-state index in [4.69, 9.17) is 0 Å². The fourth-order valence-corrected chi connectivity index (χ4v) is 2.43. The van der Waals surface area contributed by atoms with Crippen molar-refractivity contribution in [1.82, 2.24) is 10.6 Å². The van der Waals surface area contributed by atoms with E-state index in [1.807, 2.05) is 6.07 Å². The van der Waals surface area contributed by atoms with Crippen molar-refractivity contribution >= 4 is 5.91 Å². The Kier molecular flexibility index (Phi) is 4.76. The predicted octanol–water partition coefficient (Wildman–Crippen LogP) is 1.65. The van der Waals surface area contributed by atoms with Crippen molar-refractivity contribution in [3.63, 3.8) is 0 Å². The highest BCUT2D eigenvalue weighted by molar-refractivity contribution is 5.78. The maximum absolute atomic E-state index is 11.9. The number of rotatable bonds is 4. The Morgan fingerprint density at radius 3 is 3.00 bits per heavy atom. The van der Waals surface area contributed by atoms with Crippen molar-refractivity contribution < 1.29 is 4.79 Å². The first kappa shape index (κ1) is 13.1. The standard InChI is InChI=1S/C15H22N2O/c1-12-5-2-3-6-13(12)8-10-17-15(18)14-7-4-9-16-11-14/h2-3,5-6,14,16H,4,7-11H2,1H3,(H,17,18)/t14-/m1/s1. The number of benzene rings is 1. The van der Waals surface area contributed by atoms with E-state index in [0.717, 1.165) is 38.9 Å². The van der Waals surface area contributed by atoms with Gasteiger partial charge in [-0.1, -0.05) is 24.3 Å². The molecule has 2 rings (SSSR count). The maximum atomic E-state index is 11.9. The van der Waals surface area contributed by atoms with Crippen LogP contribution in [0.3, 0.4) is 0 Å². The number of hydrogen-bond donors (Lipinski definition) is 2. The highest BCUT2D eigenvalue weighted by atomic mass is 16.1. The summed E-state index contributed by atoms with van der Waals surface area (Å²) in [6.45, 7) is 4.73. The smallest absolute Gasteiger partial charge is 0.224 e. The van der Waals surface area contributed by atoms with Crippen LogP contribution in [0.4, 0.5) is 0 Å². The molecule has 1 atom stereocenters. The lowest BCUT2D eigenvalue weighted by atomic mass is 9.98. The average Bonchev–Trinajstić information content (AvgIpc) is 2.42. The van der Waals surface area contributed by atoms with E-state index in [2.05, 4.69) is 35.8 Å². The van der Waals surface area contributed by atoms with Gasteiger partial charge in [0.2, 0.25) is 5.91 Å². The third kappa shape index (κ3) is 3.57. The van der Waals surface area contributed by atoms with Crippen LogP contribution in [0.1, 0.15) is 24.0 Å². The molecule has 1 fully saturated rings. The lowest BCUT2D eigenvalue weighted by Crippen LogP contribution is -2.41. The molecule has 1 heterocycles. The number of carbonyl (C=O) groups excluding carboxylic acids is 1. The molecule has 0 radical (unpaired) electrons. The number of amides is 1. The van der Waals surface area contributed by atoms with E-state index in [9.17, 15) is 4.79 Å². The first-order valence-electron chi connectivity index (χ1n) is 6.80. The van der Waals surface area contributed by atoms with Gasteiger partial charge in [0, 0.05) is 13.1 Å². The Bertz CT molecular complexity index is 397. The van der Waals surface area contributed by atoms with Crippen molar-refractivity contribution in [2.45, 2.75) is 26.2 Å². The van der Waals surface area contributed by atoms with Gasteiger partial charge in [-0.05, 0) is 43.9 Å². The van der Waals surface area contributed by atoms with Gasteiger partial charge in [0.1, 0.15) is 0 Å². The Balaban J connectivity index is 1.75. The summed E-state index contributed by atoms with van der Waals surface area (Å²) in [6, 6.07) is 8.34. The van der Waals surface area contributed by atoms with Gasteiger partial charge >= 0.3 is 0 Å². The van der Waals surface area contributed by atoms with Crippen LogP contribution >= 0.6 is 0 Å². The van der Waals surface area contributed by atoms with Gasteiger partial charge in [-0.15, -0.1) is 0 Å². The second kappa shape index (κ2) is 6.55. The van der Waals surface area contributed by atoms with Crippen LogP contribution in [-0.2, 0) is 11.2 Å². The number of carbonyl (C=O) groups is 1. The molecule has 98 valence electrons. The molecule has 1 aromatic rings. The molecule has 0 spiro atoms. The van der Waals surface area contributed by atoms with Gasteiger partial charge in [0.05, 0.1) is 5.92 Å². The van der Waals surface area contributed by atoms with Crippen LogP contribution in [0.2, 0.25) is 0 Å². The Morgan fingerprint density at radius 1 is 1.44 bits per heavy atom. The molecule has 0 saturated carbocycles. The molecule has 0 bridgehead atoms. The zero-order valence-electron chi connectivity index (χ0n) is 11.0. The molecule has 3 nitrogen and oxygen atoms in total. The summed E-state index contributed by atoms with van der Waals surface area (Å²) in [5.74, 6) is 0.367. The van der Waals surface area contributed by atoms with Gasteiger partial charge in [-0.25, -0.2) is 0 Å². The zero-order chi connectivity index (χ0) is 12.8. The Labute approximate surface area is 109 Å². The van der Waals surface area contributed by atoms with E-state index >= 15 is 0 Å². The van der Waals surface area contributed by atoms with Crippen molar-refractivity contribution in [3.8, 4) is 0 Å². The van der Waals surface area contributed by atoms with Crippen molar-refractivity contribution in [2.75, 3.05) is 19.6 Å². The zero-order valence-corrected chi connectivity index (χ0v) is 11.0. The van der Waals surface area contributed by atoms with Crippen LogP contribution in [-0.4, -0.2) is 25.5 Å². The normalized spacial score (nSPS) is 19.5. The van der Waals surface area contributed by atoms with E-state index in [1.54, 1.807) is 0 Å². The van der Waals surface area contributed by atoms with E-state index in [-0.39, 0.29) is 11.8 Å². The van der Waals surface area contributed by atoms with Gasteiger partial charge in [-0.3, -0.25) is 4.79 Å². The summed E-state index contributed by atoms with van der Waals surface area (Å²) < 4.78 is 0. The molecule has 0 unspecified atom stereocenters. The highest BCUT2D eigenvalue weighted by Gasteiger charge is 2.20. The van der Waals surface area contributed by atoms with Crippen molar-refractivity contribution in [2.24, 2.45) is 5.92 Å². The molecule has 1 aliphatic rings. The summed E-state index contributed by atoms with van der Waals surface area (Å²) in [5, 5.41) is 6.32. The van der Waals surface area contributed by atoms with Crippen LogP contribution in [0.25, 0.3) is 0 Å². The fraction of sp³-hybridized carbons (Fsp3) is 0.533. The summed E-state index contributed by atoms with van der Waals surface area (Å²) in [6.07, 6.45) is 3.04. The summed E-state index contributed by atoms with van der Waals surface area (Å²) in [5.41, 5.74) is 2.62. The van der Waals surface area contributed by atoms with Crippen LogP contribution < -0.4 is 10.6 Å². The van der Waals surface area contributed by atoms with E-state index in [1.165, 1.54) is 11.1 Å². The predicted molar refractivity (Wildman–Crippen MR) is 73.5 cm³/mol. The molecular weight excluding hydrogens is 224 g/mol. The summed E-state index contributed by atoms with van der Waals surface area (Å²) in [7, 11) is 0. The second-order valence-corrected chi connectivity index (χ2v) is 5.01. The van der Waals surface area contributed by atoms with Gasteiger partial charge in [0.15, 0.2) is 0 Å². The van der Waals surface area contributed by atoms with Crippen LogP contribution in [0.5, 0.6) is 0 Å². The van der Waals surface area contributed by atoms with Crippen molar-refractivity contribution in [3.05, 3.63) is 35.4 Å². The average molecular weight is 246 g/mol. The summed E-state index contributed by atoms with van der Waals surface area (Å²) in [4.78, 5) is 11.9. The molecule has 1 amide bonds. The number of hydrogen-bond acceptors (Lipinski definition) is 2. The van der Waals surface area contributed by atoms with Gasteiger partial charge < -0.3 is 10.6 Å². The molecule has 0 aliphatic carbocycles.